The van der Waals surface area contributed by atoms with Crippen LogP contribution in [0.15, 0.2) is 0 Å². The first-order valence-electron chi connectivity index (χ1n) is 9.88. The molecule has 4 aliphatic rings. The van der Waals surface area contributed by atoms with Gasteiger partial charge in [-0.2, -0.15) is 0 Å². The minimum absolute atomic E-state index is 0.212. The summed E-state index contributed by atoms with van der Waals surface area (Å²) in [4.78, 5) is 36.6. The lowest BCUT2D eigenvalue weighted by Crippen LogP contribution is -2.56. The second kappa shape index (κ2) is 7.61. The molecule has 6 nitrogen and oxygen atoms in total. The quantitative estimate of drug-likeness (QED) is 0.525. The number of nitrogens with one attached hydrogen (secondary N) is 1. The van der Waals surface area contributed by atoms with Crippen LogP contribution in [-0.2, 0) is 23.9 Å². The minimum Gasteiger partial charge on any atom is -0.467 e. The van der Waals surface area contributed by atoms with Gasteiger partial charge in [0, 0.05) is 4.87 Å². The number of hydrogen-bond acceptors (Lipinski definition) is 5. The number of carbonyl (C=O) groups is 3. The van der Waals surface area contributed by atoms with Crippen LogP contribution in [0.2, 0.25) is 0 Å². The van der Waals surface area contributed by atoms with Crippen molar-refractivity contribution in [3.8, 4) is 0 Å². The van der Waals surface area contributed by atoms with E-state index in [9.17, 15) is 14.4 Å². The Hall–Kier alpha value is -1.30. The van der Waals surface area contributed by atoms with Crippen molar-refractivity contribution in [3.05, 3.63) is 0 Å². The lowest BCUT2D eigenvalue weighted by molar-refractivity contribution is -0.172. The van der Waals surface area contributed by atoms with Crippen LogP contribution in [0.25, 0.3) is 0 Å². The molecular formula is C20H30ClNO5. The third kappa shape index (κ3) is 4.41. The summed E-state index contributed by atoms with van der Waals surface area (Å²) in [5, 5.41) is 2.62. The lowest BCUT2D eigenvalue weighted by Gasteiger charge is -2.58. The zero-order valence-electron chi connectivity index (χ0n) is 16.4. The van der Waals surface area contributed by atoms with E-state index in [2.05, 4.69) is 5.32 Å². The fourth-order valence-corrected chi connectivity index (χ4v) is 6.43. The van der Waals surface area contributed by atoms with Gasteiger partial charge >= 0.3 is 11.9 Å². The predicted octanol–water partition coefficient (Wildman–Crippen LogP) is 2.81. The molecule has 0 aromatic carbocycles. The number of ether oxygens (including phenoxy) is 2. The van der Waals surface area contributed by atoms with Gasteiger partial charge in [0.25, 0.3) is 5.91 Å². The van der Waals surface area contributed by atoms with E-state index in [1.165, 1.54) is 7.11 Å². The van der Waals surface area contributed by atoms with Gasteiger partial charge in [-0.3, -0.25) is 9.59 Å². The van der Waals surface area contributed by atoms with Gasteiger partial charge in [-0.25, -0.2) is 4.79 Å². The van der Waals surface area contributed by atoms with Gasteiger partial charge in [0.1, 0.15) is 6.04 Å². The van der Waals surface area contributed by atoms with Crippen molar-refractivity contribution in [1.82, 2.24) is 5.32 Å². The highest BCUT2D eigenvalue weighted by Crippen LogP contribution is 2.64. The van der Waals surface area contributed by atoms with Gasteiger partial charge in [-0.05, 0) is 62.7 Å². The van der Waals surface area contributed by atoms with Gasteiger partial charge in [0.15, 0.2) is 6.61 Å². The van der Waals surface area contributed by atoms with E-state index in [4.69, 9.17) is 21.1 Å². The van der Waals surface area contributed by atoms with Gasteiger partial charge in [0.05, 0.1) is 12.5 Å². The Kier molecular flexibility index (Phi) is 5.76. The van der Waals surface area contributed by atoms with Gasteiger partial charge in [-0.1, -0.05) is 13.8 Å². The SMILES string of the molecule is COC(=O)[C@@H](CC(C)C)NC(=O)COC(=O)C12C[C@@H]3C[C@H](CC(Cl)(C3)C1)C2. The highest BCUT2D eigenvalue weighted by Gasteiger charge is 2.60. The molecule has 0 spiro atoms. The molecule has 7 heteroatoms. The standard InChI is InChI=1S/C20H30ClNO5/c1-12(2)4-15(17(24)26-3)22-16(23)10-27-18(25)19-6-13-5-14(7-19)9-20(21,8-13)11-19/h12-15H,4-11H2,1-3H3,(H,22,23)/t13-,14-,15+,19?,20?/m0/s1. The van der Waals surface area contributed by atoms with Crippen LogP contribution in [0.5, 0.6) is 0 Å². The van der Waals surface area contributed by atoms with Crippen LogP contribution in [0.1, 0.15) is 58.8 Å². The molecular weight excluding hydrogens is 370 g/mol. The summed E-state index contributed by atoms with van der Waals surface area (Å²) in [5.74, 6) is -0.0999. The molecule has 0 saturated heterocycles. The molecule has 0 radical (unpaired) electrons. The first-order valence-corrected chi connectivity index (χ1v) is 10.3. The largest absolute Gasteiger partial charge is 0.467 e. The van der Waals surface area contributed by atoms with E-state index < -0.39 is 23.3 Å². The van der Waals surface area contributed by atoms with E-state index in [0.29, 0.717) is 24.7 Å². The Labute approximate surface area is 165 Å². The lowest BCUT2D eigenvalue weighted by atomic mass is 9.49. The number of methoxy groups -OCH3 is 1. The molecule has 0 aromatic heterocycles. The summed E-state index contributed by atoms with van der Waals surface area (Å²) in [6.07, 6.45) is 5.86. The summed E-state index contributed by atoms with van der Waals surface area (Å²) >= 11 is 6.76. The van der Waals surface area contributed by atoms with Crippen LogP contribution in [0.3, 0.4) is 0 Å². The number of rotatable bonds is 7. The molecule has 152 valence electrons. The molecule has 4 bridgehead atoms. The van der Waals surface area contributed by atoms with Crippen LogP contribution in [0, 0.1) is 23.2 Å². The average Bonchev–Trinajstić information content (AvgIpc) is 2.55. The second-order valence-electron chi connectivity index (χ2n) is 9.24. The number of alkyl halides is 1. The fraction of sp³-hybridized carbons (Fsp3) is 0.850. The summed E-state index contributed by atoms with van der Waals surface area (Å²) < 4.78 is 10.1. The Morgan fingerprint density at radius 2 is 1.78 bits per heavy atom. The van der Waals surface area contributed by atoms with E-state index in [0.717, 1.165) is 32.1 Å². The molecule has 0 heterocycles. The summed E-state index contributed by atoms with van der Waals surface area (Å²) in [6, 6.07) is -0.730. The van der Waals surface area contributed by atoms with Gasteiger partial charge in [0.2, 0.25) is 0 Å². The highest BCUT2D eigenvalue weighted by atomic mass is 35.5. The molecule has 1 amide bonds. The number of halogens is 1. The zero-order valence-corrected chi connectivity index (χ0v) is 17.1. The number of amides is 1. The van der Waals surface area contributed by atoms with Crippen LogP contribution in [0.4, 0.5) is 0 Å². The van der Waals surface area contributed by atoms with Crippen molar-refractivity contribution < 1.29 is 23.9 Å². The van der Waals surface area contributed by atoms with Crippen molar-refractivity contribution in [2.45, 2.75) is 69.7 Å². The zero-order chi connectivity index (χ0) is 19.8. The maximum Gasteiger partial charge on any atom is 0.328 e. The molecule has 0 aliphatic heterocycles. The molecule has 1 N–H and O–H groups in total. The molecule has 4 rings (SSSR count). The average molecular weight is 400 g/mol. The highest BCUT2D eigenvalue weighted by molar-refractivity contribution is 6.24. The van der Waals surface area contributed by atoms with E-state index >= 15 is 0 Å². The van der Waals surface area contributed by atoms with Crippen molar-refractivity contribution >= 4 is 29.4 Å². The van der Waals surface area contributed by atoms with E-state index in [1.54, 1.807) is 0 Å². The number of carbonyl (C=O) groups excluding carboxylic acids is 3. The first-order chi connectivity index (χ1) is 12.6. The first kappa shape index (κ1) is 20.4. The summed E-state index contributed by atoms with van der Waals surface area (Å²) in [5.41, 5.74) is -0.536. The van der Waals surface area contributed by atoms with Crippen LogP contribution in [-0.4, -0.2) is 42.5 Å². The molecule has 0 unspecified atom stereocenters. The maximum atomic E-state index is 12.8. The fourth-order valence-electron chi connectivity index (χ4n) is 5.74. The van der Waals surface area contributed by atoms with Gasteiger partial charge in [-0.15, -0.1) is 11.6 Å². The van der Waals surface area contributed by atoms with Crippen LogP contribution >= 0.6 is 11.6 Å². The number of hydrogen-bond donors (Lipinski definition) is 1. The Balaban J connectivity index is 1.56. The second-order valence-corrected chi connectivity index (χ2v) is 10.0. The molecule has 4 saturated carbocycles. The van der Waals surface area contributed by atoms with Crippen molar-refractivity contribution in [2.24, 2.45) is 23.2 Å². The third-order valence-corrected chi connectivity index (χ3v) is 6.73. The van der Waals surface area contributed by atoms with Crippen molar-refractivity contribution in [1.29, 1.82) is 0 Å². The van der Waals surface area contributed by atoms with E-state index in [-0.39, 0.29) is 23.4 Å². The monoisotopic (exact) mass is 399 g/mol. The molecule has 0 aromatic rings. The van der Waals surface area contributed by atoms with Crippen molar-refractivity contribution in [3.63, 3.8) is 0 Å². The minimum atomic E-state index is -0.730. The van der Waals surface area contributed by atoms with E-state index in [1.807, 2.05) is 13.8 Å². The predicted molar refractivity (Wildman–Crippen MR) is 100 cm³/mol. The summed E-state index contributed by atoms with van der Waals surface area (Å²) in [6.45, 7) is 3.53. The molecule has 4 fully saturated rings. The molecule has 3 atom stereocenters. The topological polar surface area (TPSA) is 81.7 Å². The third-order valence-electron chi connectivity index (χ3n) is 6.29. The summed E-state index contributed by atoms with van der Waals surface area (Å²) in [7, 11) is 1.29. The Morgan fingerprint density at radius 1 is 1.15 bits per heavy atom. The van der Waals surface area contributed by atoms with Gasteiger partial charge < -0.3 is 14.8 Å². The normalized spacial score (nSPS) is 35.0. The maximum absolute atomic E-state index is 12.8. The number of esters is 2. The molecule has 4 aliphatic carbocycles. The molecule has 27 heavy (non-hydrogen) atoms. The van der Waals surface area contributed by atoms with Crippen molar-refractivity contribution in [2.75, 3.05) is 13.7 Å². The Morgan fingerprint density at radius 3 is 2.30 bits per heavy atom. The van der Waals surface area contributed by atoms with Crippen LogP contribution < -0.4 is 5.32 Å². The smallest absolute Gasteiger partial charge is 0.328 e. The Bertz CT molecular complexity index is 605.